The second-order valence-electron chi connectivity index (χ2n) is 4.80. The zero-order valence-electron chi connectivity index (χ0n) is 11.5. The van der Waals surface area contributed by atoms with Gasteiger partial charge in [-0.1, -0.05) is 18.2 Å². The number of nitrogens with two attached hydrogens (primary N) is 1. The number of aromatic nitrogens is 1. The van der Waals surface area contributed by atoms with Crippen molar-refractivity contribution in [1.82, 2.24) is 4.57 Å². The van der Waals surface area contributed by atoms with Gasteiger partial charge in [0, 0.05) is 23.1 Å². The van der Waals surface area contributed by atoms with Crippen molar-refractivity contribution in [3.63, 3.8) is 0 Å². The Balaban J connectivity index is 1.91. The average molecular weight is 266 g/mol. The molecule has 3 nitrogen and oxygen atoms in total. The molecule has 102 valence electrons. The van der Waals surface area contributed by atoms with Crippen molar-refractivity contribution in [2.24, 2.45) is 0 Å². The van der Waals surface area contributed by atoms with Crippen LogP contribution in [-0.4, -0.2) is 4.57 Å². The highest BCUT2D eigenvalue weighted by atomic mass is 16.5. The van der Waals surface area contributed by atoms with E-state index in [9.17, 15) is 0 Å². The Morgan fingerprint density at radius 2 is 1.85 bits per heavy atom. The van der Waals surface area contributed by atoms with E-state index >= 15 is 0 Å². The fourth-order valence-electron chi connectivity index (χ4n) is 2.51. The third-order valence-electron chi connectivity index (χ3n) is 3.46. The minimum absolute atomic E-state index is 0.562. The number of nitrogens with zero attached hydrogens (tertiary/aromatic N) is 1. The van der Waals surface area contributed by atoms with E-state index in [0.29, 0.717) is 6.61 Å². The number of fused-ring (bicyclic) bond motifs is 1. The van der Waals surface area contributed by atoms with Gasteiger partial charge in [-0.15, -0.1) is 0 Å². The number of ether oxygens (including phenoxy) is 1. The predicted octanol–water partition coefficient (Wildman–Crippen LogP) is 3.82. The van der Waals surface area contributed by atoms with Crippen molar-refractivity contribution >= 4 is 16.6 Å². The summed E-state index contributed by atoms with van der Waals surface area (Å²) < 4.78 is 8.10. The summed E-state index contributed by atoms with van der Waals surface area (Å²) in [7, 11) is 0. The second-order valence-corrected chi connectivity index (χ2v) is 4.80. The van der Waals surface area contributed by atoms with Crippen LogP contribution in [0.4, 0.5) is 5.69 Å². The molecule has 0 bridgehead atoms. The van der Waals surface area contributed by atoms with Crippen LogP contribution in [0.25, 0.3) is 10.9 Å². The molecule has 0 unspecified atom stereocenters. The number of hydrogen-bond donors (Lipinski definition) is 1. The van der Waals surface area contributed by atoms with Gasteiger partial charge in [0.25, 0.3) is 0 Å². The lowest BCUT2D eigenvalue weighted by atomic mass is 10.2. The first kappa shape index (κ1) is 12.6. The molecule has 3 heteroatoms. The molecule has 1 heterocycles. The quantitative estimate of drug-likeness (QED) is 0.729. The minimum Gasteiger partial charge on any atom is -0.487 e. The van der Waals surface area contributed by atoms with Crippen LogP contribution in [0.2, 0.25) is 0 Å². The predicted molar refractivity (Wildman–Crippen MR) is 82.8 cm³/mol. The SMILES string of the molecule is CCn1c(COc2ccccc2)cc2cc(N)ccc21. The van der Waals surface area contributed by atoms with Gasteiger partial charge in [0.05, 0.1) is 5.69 Å². The zero-order chi connectivity index (χ0) is 13.9. The van der Waals surface area contributed by atoms with Gasteiger partial charge in [-0.3, -0.25) is 0 Å². The standard InChI is InChI=1S/C17H18N2O/c1-2-19-15(12-20-16-6-4-3-5-7-16)11-13-10-14(18)8-9-17(13)19/h3-11H,2,12,18H2,1H3. The van der Waals surface area contributed by atoms with Crippen molar-refractivity contribution in [2.45, 2.75) is 20.1 Å². The van der Waals surface area contributed by atoms with E-state index < -0.39 is 0 Å². The molecule has 3 aromatic rings. The van der Waals surface area contributed by atoms with Crippen LogP contribution >= 0.6 is 0 Å². The van der Waals surface area contributed by atoms with Crippen molar-refractivity contribution in [2.75, 3.05) is 5.73 Å². The Morgan fingerprint density at radius 3 is 2.60 bits per heavy atom. The molecule has 3 rings (SSSR count). The number of para-hydroxylation sites is 1. The number of nitrogen functional groups attached to an aromatic ring is 1. The number of anilines is 1. The van der Waals surface area contributed by atoms with E-state index in [0.717, 1.165) is 23.7 Å². The van der Waals surface area contributed by atoms with E-state index in [1.54, 1.807) is 0 Å². The van der Waals surface area contributed by atoms with E-state index in [4.69, 9.17) is 10.5 Å². The Hall–Kier alpha value is -2.42. The van der Waals surface area contributed by atoms with E-state index in [-0.39, 0.29) is 0 Å². The van der Waals surface area contributed by atoms with Crippen molar-refractivity contribution < 1.29 is 4.74 Å². The van der Waals surface area contributed by atoms with Crippen LogP contribution in [-0.2, 0) is 13.2 Å². The summed E-state index contributed by atoms with van der Waals surface area (Å²) in [5.74, 6) is 0.889. The first-order valence-electron chi connectivity index (χ1n) is 6.83. The normalized spacial score (nSPS) is 10.8. The van der Waals surface area contributed by atoms with Crippen LogP contribution in [0.3, 0.4) is 0 Å². The number of benzene rings is 2. The maximum Gasteiger partial charge on any atom is 0.128 e. The maximum absolute atomic E-state index is 5.85. The fraction of sp³-hybridized carbons (Fsp3) is 0.176. The van der Waals surface area contributed by atoms with Crippen molar-refractivity contribution in [3.8, 4) is 5.75 Å². The van der Waals surface area contributed by atoms with Gasteiger partial charge in [0.2, 0.25) is 0 Å². The van der Waals surface area contributed by atoms with E-state index in [1.165, 1.54) is 10.9 Å². The molecule has 2 aromatic carbocycles. The lowest BCUT2D eigenvalue weighted by molar-refractivity contribution is 0.296. The summed E-state index contributed by atoms with van der Waals surface area (Å²) >= 11 is 0. The molecular formula is C17H18N2O. The van der Waals surface area contributed by atoms with E-state index in [1.807, 2.05) is 42.5 Å². The number of aryl methyl sites for hydroxylation is 1. The third-order valence-corrected chi connectivity index (χ3v) is 3.46. The van der Waals surface area contributed by atoms with Gasteiger partial charge >= 0.3 is 0 Å². The summed E-state index contributed by atoms with van der Waals surface area (Å²) in [4.78, 5) is 0. The summed E-state index contributed by atoms with van der Waals surface area (Å²) in [5, 5.41) is 1.17. The Labute approximate surface area is 118 Å². The third kappa shape index (κ3) is 2.35. The molecule has 0 spiro atoms. The molecule has 1 aromatic heterocycles. The Kier molecular flexibility index (Phi) is 3.33. The van der Waals surface area contributed by atoms with Crippen LogP contribution in [0.15, 0.2) is 54.6 Å². The minimum atomic E-state index is 0.562. The summed E-state index contributed by atoms with van der Waals surface area (Å²) in [6, 6.07) is 18.0. The first-order valence-corrected chi connectivity index (χ1v) is 6.83. The molecular weight excluding hydrogens is 248 g/mol. The molecule has 0 atom stereocenters. The highest BCUT2D eigenvalue weighted by Gasteiger charge is 2.08. The van der Waals surface area contributed by atoms with Crippen LogP contribution < -0.4 is 10.5 Å². The van der Waals surface area contributed by atoms with Crippen LogP contribution in [0.1, 0.15) is 12.6 Å². The number of rotatable bonds is 4. The van der Waals surface area contributed by atoms with Gasteiger partial charge < -0.3 is 15.0 Å². The molecule has 0 saturated carbocycles. The molecule has 0 fully saturated rings. The summed E-state index contributed by atoms with van der Waals surface area (Å²) in [6.07, 6.45) is 0. The van der Waals surface area contributed by atoms with Gasteiger partial charge in [-0.25, -0.2) is 0 Å². The summed E-state index contributed by atoms with van der Waals surface area (Å²) in [5.41, 5.74) is 9.01. The lowest BCUT2D eigenvalue weighted by Gasteiger charge is -2.09. The maximum atomic E-state index is 5.85. The highest BCUT2D eigenvalue weighted by Crippen LogP contribution is 2.23. The van der Waals surface area contributed by atoms with Crippen molar-refractivity contribution in [1.29, 1.82) is 0 Å². The number of hydrogen-bond acceptors (Lipinski definition) is 2. The first-order chi connectivity index (χ1) is 9.78. The molecule has 2 N–H and O–H groups in total. The molecule has 0 radical (unpaired) electrons. The van der Waals surface area contributed by atoms with Gasteiger partial charge in [0.1, 0.15) is 12.4 Å². The smallest absolute Gasteiger partial charge is 0.128 e. The topological polar surface area (TPSA) is 40.2 Å². The molecule has 0 amide bonds. The van der Waals surface area contributed by atoms with E-state index in [2.05, 4.69) is 23.6 Å². The van der Waals surface area contributed by atoms with Gasteiger partial charge in [0.15, 0.2) is 0 Å². The fourth-order valence-corrected chi connectivity index (χ4v) is 2.51. The average Bonchev–Trinajstić information content (AvgIpc) is 2.82. The van der Waals surface area contributed by atoms with Gasteiger partial charge in [-0.05, 0) is 43.3 Å². The lowest BCUT2D eigenvalue weighted by Crippen LogP contribution is -2.04. The largest absolute Gasteiger partial charge is 0.487 e. The second kappa shape index (κ2) is 5.29. The van der Waals surface area contributed by atoms with Crippen LogP contribution in [0, 0.1) is 0 Å². The highest BCUT2D eigenvalue weighted by molar-refractivity contribution is 5.84. The molecule has 0 saturated heterocycles. The molecule has 20 heavy (non-hydrogen) atoms. The Morgan fingerprint density at radius 1 is 1.05 bits per heavy atom. The molecule has 0 aliphatic rings. The molecule has 0 aliphatic heterocycles. The van der Waals surface area contributed by atoms with Crippen LogP contribution in [0.5, 0.6) is 5.75 Å². The summed E-state index contributed by atoms with van der Waals surface area (Å²) in [6.45, 7) is 3.62. The zero-order valence-corrected chi connectivity index (χ0v) is 11.5. The van der Waals surface area contributed by atoms with Gasteiger partial charge in [-0.2, -0.15) is 0 Å². The molecule has 0 aliphatic carbocycles. The Bertz CT molecular complexity index is 716. The monoisotopic (exact) mass is 266 g/mol. The van der Waals surface area contributed by atoms with Crippen molar-refractivity contribution in [3.05, 3.63) is 60.3 Å².